The Morgan fingerprint density at radius 2 is 1.74 bits per heavy atom. The molecule has 0 spiro atoms. The summed E-state index contributed by atoms with van der Waals surface area (Å²) < 4.78 is 6.67. The van der Waals surface area contributed by atoms with Crippen LogP contribution in [-0.4, -0.2) is 12.1 Å². The van der Waals surface area contributed by atoms with Gasteiger partial charge in [-0.25, -0.2) is 5.43 Å². The number of amides is 1. The molecule has 136 valence electrons. The van der Waals surface area contributed by atoms with E-state index in [1.165, 1.54) is 5.56 Å². The van der Waals surface area contributed by atoms with Crippen LogP contribution in [-0.2, 0) is 6.61 Å². The van der Waals surface area contributed by atoms with Gasteiger partial charge in [0.15, 0.2) is 0 Å². The van der Waals surface area contributed by atoms with Crippen LogP contribution in [0.1, 0.15) is 27.0 Å². The van der Waals surface area contributed by atoms with E-state index >= 15 is 0 Å². The summed E-state index contributed by atoms with van der Waals surface area (Å²) in [4.78, 5) is 12.2. The highest BCUT2D eigenvalue weighted by molar-refractivity contribution is 9.10. The lowest BCUT2D eigenvalue weighted by molar-refractivity contribution is 0.0955. The molecule has 0 aliphatic carbocycles. The first-order chi connectivity index (χ1) is 13.1. The highest BCUT2D eigenvalue weighted by Crippen LogP contribution is 2.15. The van der Waals surface area contributed by atoms with Gasteiger partial charge < -0.3 is 4.74 Å². The predicted molar refractivity (Wildman–Crippen MR) is 111 cm³/mol. The summed E-state index contributed by atoms with van der Waals surface area (Å²) in [7, 11) is 0. The molecule has 0 radical (unpaired) electrons. The molecule has 4 nitrogen and oxygen atoms in total. The van der Waals surface area contributed by atoms with E-state index < -0.39 is 0 Å². The third-order valence-corrected chi connectivity index (χ3v) is 4.64. The van der Waals surface area contributed by atoms with Crippen LogP contribution in [0.4, 0.5) is 0 Å². The zero-order valence-electron chi connectivity index (χ0n) is 14.9. The first-order valence-electron chi connectivity index (χ1n) is 8.48. The van der Waals surface area contributed by atoms with Gasteiger partial charge in [0.1, 0.15) is 12.4 Å². The van der Waals surface area contributed by atoms with Crippen molar-refractivity contribution in [1.82, 2.24) is 5.43 Å². The average Bonchev–Trinajstić information content (AvgIpc) is 2.69. The van der Waals surface area contributed by atoms with Gasteiger partial charge in [-0.15, -0.1) is 0 Å². The van der Waals surface area contributed by atoms with Gasteiger partial charge >= 0.3 is 0 Å². The van der Waals surface area contributed by atoms with Gasteiger partial charge in [-0.1, -0.05) is 64.0 Å². The number of benzene rings is 3. The van der Waals surface area contributed by atoms with E-state index in [0.29, 0.717) is 17.9 Å². The molecule has 0 saturated carbocycles. The summed E-state index contributed by atoms with van der Waals surface area (Å²) in [6, 6.07) is 22.8. The highest BCUT2D eigenvalue weighted by atomic mass is 79.9. The molecule has 3 aromatic carbocycles. The summed E-state index contributed by atoms with van der Waals surface area (Å²) in [6.45, 7) is 2.54. The van der Waals surface area contributed by atoms with Crippen LogP contribution in [0.25, 0.3) is 0 Å². The minimum absolute atomic E-state index is 0.275. The Balaban J connectivity index is 1.54. The monoisotopic (exact) mass is 422 g/mol. The lowest BCUT2D eigenvalue weighted by Gasteiger charge is -2.07. The van der Waals surface area contributed by atoms with Gasteiger partial charge in [-0.2, -0.15) is 5.10 Å². The van der Waals surface area contributed by atoms with Crippen LogP contribution in [0.15, 0.2) is 82.4 Å². The smallest absolute Gasteiger partial charge is 0.271 e. The molecular formula is C22H19BrN2O2. The second-order valence-corrected chi connectivity index (χ2v) is 6.87. The van der Waals surface area contributed by atoms with Crippen molar-refractivity contribution in [3.63, 3.8) is 0 Å². The molecule has 5 heteroatoms. The minimum Gasteiger partial charge on any atom is -0.489 e. The molecule has 0 fully saturated rings. The van der Waals surface area contributed by atoms with E-state index in [-0.39, 0.29) is 5.91 Å². The van der Waals surface area contributed by atoms with Gasteiger partial charge in [0.2, 0.25) is 0 Å². The van der Waals surface area contributed by atoms with E-state index in [0.717, 1.165) is 15.6 Å². The zero-order valence-corrected chi connectivity index (χ0v) is 16.4. The summed E-state index contributed by atoms with van der Waals surface area (Å²) in [5.74, 6) is 0.437. The molecular weight excluding hydrogens is 404 g/mol. The van der Waals surface area contributed by atoms with E-state index in [4.69, 9.17) is 4.74 Å². The van der Waals surface area contributed by atoms with Crippen molar-refractivity contribution in [1.29, 1.82) is 0 Å². The number of halogens is 1. The lowest BCUT2D eigenvalue weighted by Crippen LogP contribution is -2.17. The number of aryl methyl sites for hydroxylation is 1. The normalized spacial score (nSPS) is 10.7. The molecule has 0 atom stereocenters. The fourth-order valence-electron chi connectivity index (χ4n) is 2.36. The molecule has 3 aromatic rings. The molecule has 0 saturated heterocycles. The number of ether oxygens (including phenoxy) is 1. The fourth-order valence-corrected chi connectivity index (χ4v) is 2.75. The maximum Gasteiger partial charge on any atom is 0.271 e. The SMILES string of the molecule is Cc1ccc(COc2ccc(C(=O)NN=Cc3ccccc3Br)cc2)cc1. The van der Waals surface area contributed by atoms with Crippen molar-refractivity contribution < 1.29 is 9.53 Å². The zero-order chi connectivity index (χ0) is 19.1. The number of rotatable bonds is 6. The van der Waals surface area contributed by atoms with Gasteiger partial charge in [0.25, 0.3) is 5.91 Å². The number of hydrazone groups is 1. The Morgan fingerprint density at radius 1 is 1.04 bits per heavy atom. The van der Waals surface area contributed by atoms with Crippen LogP contribution in [0.3, 0.4) is 0 Å². The largest absolute Gasteiger partial charge is 0.489 e. The Labute approximate surface area is 167 Å². The Bertz CT molecular complexity index is 935. The fraction of sp³-hybridized carbons (Fsp3) is 0.0909. The second-order valence-electron chi connectivity index (χ2n) is 6.02. The van der Waals surface area contributed by atoms with Gasteiger partial charge in [-0.05, 0) is 42.8 Å². The maximum absolute atomic E-state index is 12.2. The van der Waals surface area contributed by atoms with Crippen molar-refractivity contribution >= 4 is 28.1 Å². The van der Waals surface area contributed by atoms with Gasteiger partial charge in [0.05, 0.1) is 6.21 Å². The molecule has 0 bridgehead atoms. The topological polar surface area (TPSA) is 50.7 Å². The second kappa shape index (κ2) is 9.14. The van der Waals surface area contributed by atoms with Crippen molar-refractivity contribution in [2.45, 2.75) is 13.5 Å². The molecule has 1 amide bonds. The average molecular weight is 423 g/mol. The molecule has 0 unspecified atom stereocenters. The standard InChI is InChI=1S/C22H19BrN2O2/c1-16-6-8-17(9-7-16)15-27-20-12-10-18(11-13-20)22(26)25-24-14-19-4-2-3-5-21(19)23/h2-14H,15H2,1H3,(H,25,26). The summed E-state index contributed by atoms with van der Waals surface area (Å²) in [6.07, 6.45) is 1.60. The highest BCUT2D eigenvalue weighted by Gasteiger charge is 2.05. The number of hydrogen-bond acceptors (Lipinski definition) is 3. The summed E-state index contributed by atoms with van der Waals surface area (Å²) >= 11 is 3.43. The van der Waals surface area contributed by atoms with Gasteiger partial charge in [-0.3, -0.25) is 4.79 Å². The van der Waals surface area contributed by atoms with Crippen molar-refractivity contribution in [3.05, 3.63) is 99.5 Å². The predicted octanol–water partition coefficient (Wildman–Crippen LogP) is 5.10. The third kappa shape index (κ3) is 5.53. The lowest BCUT2D eigenvalue weighted by atomic mass is 10.2. The van der Waals surface area contributed by atoms with E-state index in [1.807, 2.05) is 36.4 Å². The van der Waals surface area contributed by atoms with E-state index in [2.05, 4.69) is 45.5 Å². The molecule has 0 aliphatic rings. The Hall–Kier alpha value is -2.92. The maximum atomic E-state index is 12.2. The molecule has 0 aromatic heterocycles. The van der Waals surface area contributed by atoms with Crippen LogP contribution in [0, 0.1) is 6.92 Å². The number of carbonyl (C=O) groups is 1. The third-order valence-electron chi connectivity index (χ3n) is 3.92. The summed E-state index contributed by atoms with van der Waals surface area (Å²) in [5, 5.41) is 4.00. The first-order valence-corrected chi connectivity index (χ1v) is 9.27. The van der Waals surface area contributed by atoms with Crippen LogP contribution in [0.2, 0.25) is 0 Å². The van der Waals surface area contributed by atoms with Crippen LogP contribution >= 0.6 is 15.9 Å². The Kier molecular flexibility index (Phi) is 6.39. The number of nitrogens with one attached hydrogen (secondary N) is 1. The van der Waals surface area contributed by atoms with Crippen molar-refractivity contribution in [3.8, 4) is 5.75 Å². The minimum atomic E-state index is -0.275. The van der Waals surface area contributed by atoms with Crippen molar-refractivity contribution in [2.75, 3.05) is 0 Å². The van der Waals surface area contributed by atoms with Gasteiger partial charge in [0, 0.05) is 15.6 Å². The number of carbonyl (C=O) groups excluding carboxylic acids is 1. The molecule has 27 heavy (non-hydrogen) atoms. The van der Waals surface area contributed by atoms with Crippen LogP contribution in [0.5, 0.6) is 5.75 Å². The molecule has 0 heterocycles. The van der Waals surface area contributed by atoms with Crippen molar-refractivity contribution in [2.24, 2.45) is 5.10 Å². The van der Waals surface area contributed by atoms with Crippen LogP contribution < -0.4 is 10.2 Å². The quantitative estimate of drug-likeness (QED) is 0.443. The molecule has 1 N–H and O–H groups in total. The van der Waals surface area contributed by atoms with E-state index in [9.17, 15) is 4.79 Å². The Morgan fingerprint density at radius 3 is 2.44 bits per heavy atom. The number of hydrogen-bond donors (Lipinski definition) is 1. The summed E-state index contributed by atoms with van der Waals surface area (Å²) in [5.41, 5.74) is 6.25. The molecule has 0 aliphatic heterocycles. The first kappa shape index (κ1) is 18.9. The number of nitrogens with zero attached hydrogens (tertiary/aromatic N) is 1. The molecule has 3 rings (SSSR count). The van der Waals surface area contributed by atoms with E-state index in [1.54, 1.807) is 30.5 Å².